The highest BCUT2D eigenvalue weighted by atomic mass is 16.4. The van der Waals surface area contributed by atoms with E-state index in [9.17, 15) is 9.59 Å². The number of amides is 1. The number of aliphatic carboxylic acids is 1. The van der Waals surface area contributed by atoms with Gasteiger partial charge < -0.3 is 10.0 Å². The zero-order valence-electron chi connectivity index (χ0n) is 11.0. The number of nitrogens with zero attached hydrogens (tertiary/aromatic N) is 2. The van der Waals surface area contributed by atoms with Gasteiger partial charge in [0.25, 0.3) is 5.91 Å². The Bertz CT molecular complexity index is 479. The molecule has 0 bridgehead atoms. The molecule has 0 aromatic carbocycles. The van der Waals surface area contributed by atoms with Gasteiger partial charge >= 0.3 is 5.97 Å². The molecule has 0 aliphatic carbocycles. The first-order chi connectivity index (χ1) is 9.08. The van der Waals surface area contributed by atoms with E-state index in [0.29, 0.717) is 18.7 Å². The van der Waals surface area contributed by atoms with E-state index in [1.54, 1.807) is 23.2 Å². The number of pyridine rings is 1. The second-order valence-corrected chi connectivity index (χ2v) is 4.97. The largest absolute Gasteiger partial charge is 0.481 e. The molecule has 0 saturated carbocycles. The second-order valence-electron chi connectivity index (χ2n) is 4.97. The van der Waals surface area contributed by atoms with Crippen LogP contribution in [0.3, 0.4) is 0 Å². The Morgan fingerprint density at radius 1 is 1.42 bits per heavy atom. The summed E-state index contributed by atoms with van der Waals surface area (Å²) in [6.07, 6.45) is 3.40. The van der Waals surface area contributed by atoms with Crippen LogP contribution >= 0.6 is 0 Å². The Labute approximate surface area is 112 Å². The van der Waals surface area contributed by atoms with E-state index >= 15 is 0 Å². The van der Waals surface area contributed by atoms with Crippen LogP contribution in [0.1, 0.15) is 35.3 Å². The van der Waals surface area contributed by atoms with Crippen molar-refractivity contribution in [3.63, 3.8) is 0 Å². The second kappa shape index (κ2) is 5.82. The molecule has 0 atom stereocenters. The first-order valence-electron chi connectivity index (χ1n) is 6.50. The number of carbonyl (C=O) groups is 2. The van der Waals surface area contributed by atoms with E-state index in [1.807, 2.05) is 6.92 Å². The molecule has 0 unspecified atom stereocenters. The molecule has 1 aliphatic rings. The minimum Gasteiger partial charge on any atom is -0.481 e. The monoisotopic (exact) mass is 262 g/mol. The number of piperidine rings is 1. The normalized spacial score (nSPS) is 16.4. The summed E-state index contributed by atoms with van der Waals surface area (Å²) in [5.74, 6) is -0.566. The summed E-state index contributed by atoms with van der Waals surface area (Å²) in [6.45, 7) is 3.08. The van der Waals surface area contributed by atoms with Gasteiger partial charge in [0.15, 0.2) is 0 Å². The molecule has 1 aliphatic heterocycles. The van der Waals surface area contributed by atoms with E-state index in [1.165, 1.54) is 0 Å². The molecule has 2 rings (SSSR count). The first-order valence-corrected chi connectivity index (χ1v) is 6.50. The number of aryl methyl sites for hydroxylation is 1. The van der Waals surface area contributed by atoms with Crippen LogP contribution in [0.25, 0.3) is 0 Å². The van der Waals surface area contributed by atoms with Gasteiger partial charge in [-0.3, -0.25) is 14.6 Å². The van der Waals surface area contributed by atoms with Gasteiger partial charge in [-0.05, 0) is 37.8 Å². The van der Waals surface area contributed by atoms with Crippen LogP contribution in [0.2, 0.25) is 0 Å². The summed E-state index contributed by atoms with van der Waals surface area (Å²) in [4.78, 5) is 28.9. The predicted octanol–water partition coefficient (Wildman–Crippen LogP) is 1.72. The van der Waals surface area contributed by atoms with Crippen molar-refractivity contribution >= 4 is 11.9 Å². The number of carbonyl (C=O) groups excluding carboxylic acids is 1. The quantitative estimate of drug-likeness (QED) is 0.900. The van der Waals surface area contributed by atoms with Crippen LogP contribution in [-0.2, 0) is 4.79 Å². The number of aromatic nitrogens is 1. The summed E-state index contributed by atoms with van der Waals surface area (Å²) in [6, 6.07) is 3.55. The van der Waals surface area contributed by atoms with Crippen molar-refractivity contribution in [3.05, 3.63) is 29.6 Å². The summed E-state index contributed by atoms with van der Waals surface area (Å²) < 4.78 is 0. The Balaban J connectivity index is 1.96. The van der Waals surface area contributed by atoms with Gasteiger partial charge in [0.2, 0.25) is 0 Å². The van der Waals surface area contributed by atoms with E-state index in [0.717, 1.165) is 18.5 Å². The SMILES string of the molecule is Cc1ncccc1C(=O)N1CCC(CC(=O)O)CC1. The lowest BCUT2D eigenvalue weighted by Crippen LogP contribution is -2.39. The Kier molecular flexibility index (Phi) is 4.14. The standard InChI is InChI=1S/C14H18N2O3/c1-10-12(3-2-6-15-10)14(19)16-7-4-11(5-8-16)9-13(17)18/h2-3,6,11H,4-5,7-9H2,1H3,(H,17,18). The van der Waals surface area contributed by atoms with Crippen molar-refractivity contribution in [1.82, 2.24) is 9.88 Å². The Hall–Kier alpha value is -1.91. The topological polar surface area (TPSA) is 70.5 Å². The number of likely N-dealkylation sites (tertiary alicyclic amines) is 1. The fourth-order valence-electron chi connectivity index (χ4n) is 2.47. The fourth-order valence-corrected chi connectivity index (χ4v) is 2.47. The maximum Gasteiger partial charge on any atom is 0.303 e. The molecule has 1 N–H and O–H groups in total. The number of carboxylic acid groups (broad SMARTS) is 1. The zero-order valence-corrected chi connectivity index (χ0v) is 11.0. The average Bonchev–Trinajstić information content (AvgIpc) is 2.39. The summed E-state index contributed by atoms with van der Waals surface area (Å²) in [5.41, 5.74) is 1.37. The molecular weight excluding hydrogens is 244 g/mol. The Morgan fingerprint density at radius 2 is 2.11 bits per heavy atom. The molecule has 2 heterocycles. The predicted molar refractivity (Wildman–Crippen MR) is 69.9 cm³/mol. The summed E-state index contributed by atoms with van der Waals surface area (Å²) in [7, 11) is 0. The third-order valence-corrected chi connectivity index (χ3v) is 3.60. The van der Waals surface area contributed by atoms with Gasteiger partial charge in [0, 0.05) is 31.4 Å². The van der Waals surface area contributed by atoms with E-state index in [2.05, 4.69) is 4.98 Å². The maximum absolute atomic E-state index is 12.3. The molecule has 5 heteroatoms. The molecule has 1 amide bonds. The average molecular weight is 262 g/mol. The van der Waals surface area contributed by atoms with Crippen molar-refractivity contribution in [1.29, 1.82) is 0 Å². The van der Waals surface area contributed by atoms with Crippen LogP contribution in [0.4, 0.5) is 0 Å². The highest BCUT2D eigenvalue weighted by molar-refractivity contribution is 5.95. The van der Waals surface area contributed by atoms with Crippen LogP contribution < -0.4 is 0 Å². The highest BCUT2D eigenvalue weighted by Crippen LogP contribution is 2.22. The van der Waals surface area contributed by atoms with E-state index in [-0.39, 0.29) is 18.2 Å². The van der Waals surface area contributed by atoms with Crippen LogP contribution in [0.15, 0.2) is 18.3 Å². The number of carboxylic acids is 1. The smallest absolute Gasteiger partial charge is 0.303 e. The van der Waals surface area contributed by atoms with Gasteiger partial charge in [-0.25, -0.2) is 0 Å². The number of rotatable bonds is 3. The fraction of sp³-hybridized carbons (Fsp3) is 0.500. The molecule has 5 nitrogen and oxygen atoms in total. The molecule has 0 spiro atoms. The summed E-state index contributed by atoms with van der Waals surface area (Å²) >= 11 is 0. The van der Waals surface area contributed by atoms with Gasteiger partial charge in [-0.1, -0.05) is 0 Å². The summed E-state index contributed by atoms with van der Waals surface area (Å²) in [5, 5.41) is 8.77. The van der Waals surface area contributed by atoms with Crippen molar-refractivity contribution in [2.24, 2.45) is 5.92 Å². The molecule has 0 radical (unpaired) electrons. The van der Waals surface area contributed by atoms with E-state index in [4.69, 9.17) is 5.11 Å². The number of hydrogen-bond donors (Lipinski definition) is 1. The highest BCUT2D eigenvalue weighted by Gasteiger charge is 2.25. The molecule has 19 heavy (non-hydrogen) atoms. The zero-order chi connectivity index (χ0) is 13.8. The molecule has 1 aromatic rings. The lowest BCUT2D eigenvalue weighted by atomic mass is 9.93. The minimum atomic E-state index is -0.757. The lowest BCUT2D eigenvalue weighted by molar-refractivity contribution is -0.138. The first kappa shape index (κ1) is 13.5. The lowest BCUT2D eigenvalue weighted by Gasteiger charge is -2.31. The number of hydrogen-bond acceptors (Lipinski definition) is 3. The van der Waals surface area contributed by atoms with Gasteiger partial charge in [-0.2, -0.15) is 0 Å². The van der Waals surface area contributed by atoms with Crippen LogP contribution in [-0.4, -0.2) is 40.0 Å². The third-order valence-electron chi connectivity index (χ3n) is 3.60. The van der Waals surface area contributed by atoms with Crippen LogP contribution in [0, 0.1) is 12.8 Å². The van der Waals surface area contributed by atoms with Crippen molar-refractivity contribution in [2.45, 2.75) is 26.2 Å². The maximum atomic E-state index is 12.3. The van der Waals surface area contributed by atoms with Gasteiger partial charge in [-0.15, -0.1) is 0 Å². The molecule has 1 saturated heterocycles. The molecular formula is C14H18N2O3. The molecule has 102 valence electrons. The van der Waals surface area contributed by atoms with Crippen molar-refractivity contribution < 1.29 is 14.7 Å². The van der Waals surface area contributed by atoms with Crippen molar-refractivity contribution in [2.75, 3.05) is 13.1 Å². The Morgan fingerprint density at radius 3 is 2.68 bits per heavy atom. The molecule has 1 fully saturated rings. The van der Waals surface area contributed by atoms with Crippen LogP contribution in [0.5, 0.6) is 0 Å². The minimum absolute atomic E-state index is 0.000579. The van der Waals surface area contributed by atoms with Gasteiger partial charge in [0.05, 0.1) is 5.56 Å². The van der Waals surface area contributed by atoms with Crippen molar-refractivity contribution in [3.8, 4) is 0 Å². The molecule has 1 aromatic heterocycles. The van der Waals surface area contributed by atoms with Gasteiger partial charge in [0.1, 0.15) is 0 Å². The van der Waals surface area contributed by atoms with E-state index < -0.39 is 5.97 Å². The third kappa shape index (κ3) is 3.30.